The van der Waals surface area contributed by atoms with Crippen molar-refractivity contribution in [1.29, 1.82) is 0 Å². The minimum absolute atomic E-state index is 0.322. The molecule has 0 unspecified atom stereocenters. The van der Waals surface area contributed by atoms with Gasteiger partial charge >= 0.3 is 0 Å². The maximum atomic E-state index is 11.7. The summed E-state index contributed by atoms with van der Waals surface area (Å²) in [6, 6.07) is 8.35. The Balaban J connectivity index is 2.43. The van der Waals surface area contributed by atoms with Gasteiger partial charge in [-0.15, -0.1) is 0 Å². The summed E-state index contributed by atoms with van der Waals surface area (Å²) in [7, 11) is 0. The summed E-state index contributed by atoms with van der Waals surface area (Å²) in [6.07, 6.45) is 1.63. The van der Waals surface area contributed by atoms with Gasteiger partial charge < -0.3 is 0 Å². The number of thioether (sulfide) groups is 1. The average molecular weight is 236 g/mol. The maximum absolute atomic E-state index is 11.7. The number of benzene rings is 1. The van der Waals surface area contributed by atoms with E-state index in [1.807, 2.05) is 0 Å². The SMILES string of the molecule is CCc1ccc(CC(=O)CSC(C)C)cc1. The fourth-order valence-corrected chi connectivity index (χ4v) is 2.05. The molecule has 0 amide bonds. The van der Waals surface area contributed by atoms with Gasteiger partial charge in [-0.25, -0.2) is 0 Å². The molecule has 16 heavy (non-hydrogen) atoms. The highest BCUT2D eigenvalue weighted by molar-refractivity contribution is 8.00. The Kier molecular flexibility index (Phi) is 5.61. The summed E-state index contributed by atoms with van der Waals surface area (Å²) < 4.78 is 0. The Morgan fingerprint density at radius 2 is 1.75 bits per heavy atom. The monoisotopic (exact) mass is 236 g/mol. The molecule has 0 radical (unpaired) electrons. The number of carbonyl (C=O) groups excluding carboxylic acids is 1. The van der Waals surface area contributed by atoms with E-state index in [1.54, 1.807) is 11.8 Å². The van der Waals surface area contributed by atoms with Crippen LogP contribution in [0.25, 0.3) is 0 Å². The van der Waals surface area contributed by atoms with Crippen molar-refractivity contribution in [3.05, 3.63) is 35.4 Å². The molecule has 0 atom stereocenters. The van der Waals surface area contributed by atoms with Gasteiger partial charge in [0, 0.05) is 6.42 Å². The van der Waals surface area contributed by atoms with Crippen molar-refractivity contribution in [2.75, 3.05) is 5.75 Å². The minimum atomic E-state index is 0.322. The normalized spacial score (nSPS) is 10.8. The third kappa shape index (κ3) is 4.84. The van der Waals surface area contributed by atoms with Crippen LogP contribution in [0.4, 0.5) is 0 Å². The first-order valence-electron chi connectivity index (χ1n) is 5.83. The van der Waals surface area contributed by atoms with Crippen molar-refractivity contribution in [3.8, 4) is 0 Å². The smallest absolute Gasteiger partial charge is 0.147 e. The van der Waals surface area contributed by atoms with Crippen LogP contribution in [-0.2, 0) is 17.6 Å². The topological polar surface area (TPSA) is 17.1 Å². The van der Waals surface area contributed by atoms with E-state index < -0.39 is 0 Å². The van der Waals surface area contributed by atoms with Crippen LogP contribution in [0.15, 0.2) is 24.3 Å². The fraction of sp³-hybridized carbons (Fsp3) is 0.500. The molecule has 0 spiro atoms. The average Bonchev–Trinajstić information content (AvgIpc) is 2.27. The summed E-state index contributed by atoms with van der Waals surface area (Å²) in [4.78, 5) is 11.7. The summed E-state index contributed by atoms with van der Waals surface area (Å²) in [5.74, 6) is 0.954. The van der Waals surface area contributed by atoms with Gasteiger partial charge in [-0.2, -0.15) is 11.8 Å². The molecule has 0 N–H and O–H groups in total. The molecular formula is C14H20OS. The van der Waals surface area contributed by atoms with Gasteiger partial charge in [-0.1, -0.05) is 45.0 Å². The molecule has 0 aliphatic carbocycles. The Labute approximate surface area is 103 Å². The second kappa shape index (κ2) is 6.74. The van der Waals surface area contributed by atoms with Crippen LogP contribution < -0.4 is 0 Å². The lowest BCUT2D eigenvalue weighted by molar-refractivity contribution is -0.116. The summed E-state index contributed by atoms with van der Waals surface area (Å²) in [6.45, 7) is 6.38. The van der Waals surface area contributed by atoms with E-state index in [9.17, 15) is 4.79 Å². The maximum Gasteiger partial charge on any atom is 0.147 e. The van der Waals surface area contributed by atoms with Crippen molar-refractivity contribution < 1.29 is 4.79 Å². The molecular weight excluding hydrogens is 216 g/mol. The van der Waals surface area contributed by atoms with Crippen LogP contribution in [0.3, 0.4) is 0 Å². The van der Waals surface area contributed by atoms with E-state index in [2.05, 4.69) is 45.0 Å². The third-order valence-corrected chi connectivity index (χ3v) is 3.57. The highest BCUT2D eigenvalue weighted by atomic mass is 32.2. The zero-order chi connectivity index (χ0) is 12.0. The van der Waals surface area contributed by atoms with Crippen LogP contribution in [0.5, 0.6) is 0 Å². The summed E-state index contributed by atoms with van der Waals surface area (Å²) in [5, 5.41) is 0.534. The predicted octanol–water partition coefficient (Wildman–Crippen LogP) is 3.50. The fourth-order valence-electron chi connectivity index (χ4n) is 1.43. The first kappa shape index (κ1) is 13.3. The van der Waals surface area contributed by atoms with Gasteiger partial charge in [0.15, 0.2) is 0 Å². The van der Waals surface area contributed by atoms with Crippen molar-refractivity contribution in [1.82, 2.24) is 0 Å². The first-order valence-corrected chi connectivity index (χ1v) is 6.87. The van der Waals surface area contributed by atoms with Gasteiger partial charge in [0.1, 0.15) is 5.78 Å². The molecule has 1 nitrogen and oxygen atoms in total. The molecule has 88 valence electrons. The van der Waals surface area contributed by atoms with Gasteiger partial charge in [0.25, 0.3) is 0 Å². The molecule has 1 aromatic carbocycles. The van der Waals surface area contributed by atoms with Crippen molar-refractivity contribution in [3.63, 3.8) is 0 Å². The lowest BCUT2D eigenvalue weighted by Crippen LogP contribution is -2.07. The molecule has 0 saturated heterocycles. The Morgan fingerprint density at radius 3 is 2.25 bits per heavy atom. The number of Topliss-reactive ketones (excluding diaryl/α,β-unsaturated/α-hetero) is 1. The Bertz CT molecular complexity index is 327. The number of carbonyl (C=O) groups is 1. The van der Waals surface area contributed by atoms with Crippen LogP contribution >= 0.6 is 11.8 Å². The quantitative estimate of drug-likeness (QED) is 0.752. The van der Waals surface area contributed by atoms with E-state index in [0.717, 1.165) is 12.0 Å². The molecule has 0 aliphatic rings. The molecule has 0 saturated carbocycles. The number of aryl methyl sites for hydroxylation is 1. The minimum Gasteiger partial charge on any atom is -0.298 e. The molecule has 0 heterocycles. The van der Waals surface area contributed by atoms with Gasteiger partial charge in [0.2, 0.25) is 0 Å². The number of hydrogen-bond donors (Lipinski definition) is 0. The lowest BCUT2D eigenvalue weighted by Gasteiger charge is -2.04. The van der Waals surface area contributed by atoms with E-state index in [-0.39, 0.29) is 0 Å². The van der Waals surface area contributed by atoms with E-state index >= 15 is 0 Å². The van der Waals surface area contributed by atoms with Crippen molar-refractivity contribution in [2.45, 2.75) is 38.9 Å². The molecule has 0 fully saturated rings. The summed E-state index contributed by atoms with van der Waals surface area (Å²) in [5.41, 5.74) is 2.46. The Morgan fingerprint density at radius 1 is 1.19 bits per heavy atom. The largest absolute Gasteiger partial charge is 0.298 e. The Hall–Kier alpha value is -0.760. The van der Waals surface area contributed by atoms with Crippen molar-refractivity contribution in [2.24, 2.45) is 0 Å². The van der Waals surface area contributed by atoms with Crippen LogP contribution in [0, 0.1) is 0 Å². The van der Waals surface area contributed by atoms with Gasteiger partial charge in [-0.3, -0.25) is 4.79 Å². The van der Waals surface area contributed by atoms with Crippen molar-refractivity contribution >= 4 is 17.5 Å². The van der Waals surface area contributed by atoms with Gasteiger partial charge in [-0.05, 0) is 22.8 Å². The van der Waals surface area contributed by atoms with E-state index in [1.165, 1.54) is 5.56 Å². The molecule has 1 aromatic rings. The van der Waals surface area contributed by atoms with E-state index in [0.29, 0.717) is 23.2 Å². The zero-order valence-corrected chi connectivity index (χ0v) is 11.1. The molecule has 0 bridgehead atoms. The third-order valence-electron chi connectivity index (χ3n) is 2.41. The van der Waals surface area contributed by atoms with Gasteiger partial charge in [0.05, 0.1) is 5.75 Å². The van der Waals surface area contributed by atoms with Crippen LogP contribution in [0.1, 0.15) is 31.9 Å². The predicted molar refractivity (Wildman–Crippen MR) is 72.1 cm³/mol. The number of ketones is 1. The number of hydrogen-bond acceptors (Lipinski definition) is 2. The molecule has 2 heteroatoms. The highest BCUT2D eigenvalue weighted by Gasteiger charge is 2.05. The summed E-state index contributed by atoms with van der Waals surface area (Å²) >= 11 is 1.72. The molecule has 1 rings (SSSR count). The first-order chi connectivity index (χ1) is 7.61. The van der Waals surface area contributed by atoms with Crippen LogP contribution in [-0.4, -0.2) is 16.8 Å². The molecule has 0 aromatic heterocycles. The lowest BCUT2D eigenvalue weighted by atomic mass is 10.1. The molecule has 0 aliphatic heterocycles. The second-order valence-corrected chi connectivity index (χ2v) is 5.81. The highest BCUT2D eigenvalue weighted by Crippen LogP contribution is 2.11. The zero-order valence-electron chi connectivity index (χ0n) is 10.3. The van der Waals surface area contributed by atoms with E-state index in [4.69, 9.17) is 0 Å². The number of rotatable bonds is 6. The second-order valence-electron chi connectivity index (χ2n) is 4.25. The van der Waals surface area contributed by atoms with Crippen LogP contribution in [0.2, 0.25) is 0 Å². The standard InChI is InChI=1S/C14H20OS/c1-4-12-5-7-13(8-6-12)9-14(15)10-16-11(2)3/h5-8,11H,4,9-10H2,1-3H3.